The van der Waals surface area contributed by atoms with Crippen LogP contribution in [-0.4, -0.2) is 39.6 Å². The minimum absolute atomic E-state index is 0.208. The van der Waals surface area contributed by atoms with Crippen LogP contribution in [0.2, 0.25) is 0 Å². The first-order chi connectivity index (χ1) is 21.3. The molecule has 8 heteroatoms. The molecule has 1 atom stereocenters. The topological polar surface area (TPSA) is 44.1 Å². The van der Waals surface area contributed by atoms with E-state index in [2.05, 4.69) is 47.1 Å². The van der Waals surface area contributed by atoms with E-state index in [1.165, 1.54) is 5.57 Å². The van der Waals surface area contributed by atoms with Crippen LogP contribution in [0.3, 0.4) is 0 Å². The van der Waals surface area contributed by atoms with Gasteiger partial charge < -0.3 is 14.8 Å². The number of hydrogen-bond acceptors (Lipinski definition) is 4. The van der Waals surface area contributed by atoms with E-state index in [1.54, 1.807) is 11.8 Å². The van der Waals surface area contributed by atoms with Crippen LogP contribution in [0.1, 0.15) is 43.2 Å². The Labute approximate surface area is 260 Å². The van der Waals surface area contributed by atoms with Gasteiger partial charge in [-0.25, -0.2) is 4.98 Å². The molecule has 0 saturated heterocycles. The fraction of sp³-hybridized carbons (Fsp3) is 0.306. The third-order valence-corrected chi connectivity index (χ3v) is 9.75. The van der Waals surface area contributed by atoms with Crippen molar-refractivity contribution >= 4 is 17.3 Å². The van der Waals surface area contributed by atoms with Gasteiger partial charge in [0.2, 0.25) is 0 Å². The molecule has 0 N–H and O–H groups in total. The molecular formula is C36H35F3N3OS-. The highest BCUT2D eigenvalue weighted by Gasteiger charge is 2.44. The number of hydroxylamine groups is 2. The van der Waals surface area contributed by atoms with Gasteiger partial charge in [-0.3, -0.25) is 0 Å². The number of fused-ring (bicyclic) bond motifs is 2. The lowest BCUT2D eigenvalue weighted by molar-refractivity contribution is -0.141. The number of rotatable bonds is 11. The second-order valence-corrected chi connectivity index (χ2v) is 12.6. The standard InChI is InChI=1S/C36H35F3N3OS/c1-41-33(27-16-6-3-7-17-27)32(26-14-4-2-5-15-26)40-34(41)44-23-13-12-22-35(24-42(43)25-36(37,38)39)30-20-10-8-18-28(30)29-19-9-11-21-31(29)35/h2-8,10-11,14-18,20-21H,9,12-13,19,22-25H2,1H3/q-1. The van der Waals surface area contributed by atoms with Crippen LogP contribution in [0, 0.1) is 5.21 Å². The van der Waals surface area contributed by atoms with Crippen LogP contribution in [0.15, 0.2) is 108 Å². The number of aromatic nitrogens is 2. The van der Waals surface area contributed by atoms with Gasteiger partial charge in [0.1, 0.15) is 0 Å². The predicted molar refractivity (Wildman–Crippen MR) is 173 cm³/mol. The highest BCUT2D eigenvalue weighted by atomic mass is 32.2. The molecule has 228 valence electrons. The summed E-state index contributed by atoms with van der Waals surface area (Å²) in [6, 6.07) is 28.4. The molecule has 1 aromatic heterocycles. The number of alkyl halides is 3. The van der Waals surface area contributed by atoms with Gasteiger partial charge in [-0.05, 0) is 54.5 Å². The summed E-state index contributed by atoms with van der Waals surface area (Å²) in [6.07, 6.45) is 3.55. The van der Waals surface area contributed by atoms with Crippen molar-refractivity contribution < 1.29 is 13.2 Å². The molecule has 2 aliphatic rings. The van der Waals surface area contributed by atoms with E-state index in [0.717, 1.165) is 75.8 Å². The molecule has 0 spiro atoms. The van der Waals surface area contributed by atoms with E-state index in [0.29, 0.717) is 6.42 Å². The molecule has 0 amide bonds. The second kappa shape index (κ2) is 12.8. The smallest absolute Gasteiger partial charge is 0.400 e. The molecule has 0 radical (unpaired) electrons. The van der Waals surface area contributed by atoms with Crippen molar-refractivity contribution in [3.05, 3.63) is 119 Å². The first-order valence-corrected chi connectivity index (χ1v) is 16.0. The molecule has 4 nitrogen and oxygen atoms in total. The Morgan fingerprint density at radius 2 is 1.61 bits per heavy atom. The number of halogens is 3. The third kappa shape index (κ3) is 6.16. The summed E-state index contributed by atoms with van der Waals surface area (Å²) in [7, 11) is 2.04. The zero-order valence-electron chi connectivity index (χ0n) is 24.7. The normalized spacial score (nSPS) is 17.8. The first-order valence-electron chi connectivity index (χ1n) is 15.1. The predicted octanol–water partition coefficient (Wildman–Crippen LogP) is 9.43. The third-order valence-electron chi connectivity index (χ3n) is 8.63. The number of nitrogens with zero attached hydrogens (tertiary/aromatic N) is 3. The largest absolute Gasteiger partial charge is 0.785 e. The molecule has 6 rings (SSSR count). The Morgan fingerprint density at radius 1 is 0.932 bits per heavy atom. The zero-order valence-corrected chi connectivity index (χ0v) is 25.5. The Kier molecular flexibility index (Phi) is 8.85. The average Bonchev–Trinajstić information content (AvgIpc) is 3.49. The van der Waals surface area contributed by atoms with E-state index < -0.39 is 18.1 Å². The SMILES string of the molecule is Cn1c(SCCCCC2(CN([O-])CC(F)(F)F)C3=C(CCC=C3)c3ccccc32)nc(-c2ccccc2)c1-c1ccccc1. The second-order valence-electron chi connectivity index (χ2n) is 11.6. The van der Waals surface area contributed by atoms with Gasteiger partial charge in [0.15, 0.2) is 5.16 Å². The van der Waals surface area contributed by atoms with Crippen molar-refractivity contribution in [1.82, 2.24) is 14.6 Å². The maximum absolute atomic E-state index is 13.2. The lowest BCUT2D eigenvalue weighted by Gasteiger charge is -2.42. The fourth-order valence-electron chi connectivity index (χ4n) is 6.80. The molecule has 0 fully saturated rings. The van der Waals surface area contributed by atoms with Gasteiger partial charge in [0.25, 0.3) is 0 Å². The van der Waals surface area contributed by atoms with Crippen molar-refractivity contribution in [2.75, 3.05) is 18.8 Å². The Balaban J connectivity index is 1.21. The molecule has 2 aliphatic carbocycles. The quantitative estimate of drug-likeness (QED) is 0.0959. The molecular weight excluding hydrogens is 579 g/mol. The number of imidazole rings is 1. The minimum Gasteiger partial charge on any atom is -0.785 e. The maximum atomic E-state index is 13.2. The number of allylic oxidation sites excluding steroid dienone is 3. The molecule has 4 aromatic rings. The van der Waals surface area contributed by atoms with E-state index in [-0.39, 0.29) is 11.6 Å². The summed E-state index contributed by atoms with van der Waals surface area (Å²) in [5.74, 6) is 0.802. The van der Waals surface area contributed by atoms with Crippen molar-refractivity contribution in [3.63, 3.8) is 0 Å². The number of thioether (sulfide) groups is 1. The maximum Gasteiger partial charge on any atom is 0.400 e. The van der Waals surface area contributed by atoms with Crippen LogP contribution in [0.4, 0.5) is 13.2 Å². The molecule has 0 aliphatic heterocycles. The number of benzene rings is 3. The van der Waals surface area contributed by atoms with Gasteiger partial charge in [-0.15, -0.1) is 0 Å². The highest BCUT2D eigenvalue weighted by Crippen LogP contribution is 2.53. The molecule has 44 heavy (non-hydrogen) atoms. The highest BCUT2D eigenvalue weighted by molar-refractivity contribution is 7.99. The summed E-state index contributed by atoms with van der Waals surface area (Å²) in [6.45, 7) is -1.67. The van der Waals surface area contributed by atoms with Crippen molar-refractivity contribution in [3.8, 4) is 22.5 Å². The summed E-state index contributed by atoms with van der Waals surface area (Å²) < 4.78 is 41.9. The van der Waals surface area contributed by atoms with Crippen LogP contribution in [0.25, 0.3) is 28.1 Å². The van der Waals surface area contributed by atoms with Gasteiger partial charge in [-0.2, -0.15) is 13.2 Å². The summed E-state index contributed by atoms with van der Waals surface area (Å²) in [5.41, 5.74) is 7.65. The van der Waals surface area contributed by atoms with E-state index in [9.17, 15) is 18.4 Å². The first kappa shape index (κ1) is 30.4. The molecule has 1 unspecified atom stereocenters. The fourth-order valence-corrected chi connectivity index (χ4v) is 7.77. The molecule has 3 aromatic carbocycles. The van der Waals surface area contributed by atoms with Gasteiger partial charge in [0.05, 0.1) is 17.9 Å². The summed E-state index contributed by atoms with van der Waals surface area (Å²) >= 11 is 1.69. The van der Waals surface area contributed by atoms with Crippen LogP contribution in [-0.2, 0) is 12.5 Å². The van der Waals surface area contributed by atoms with E-state index in [1.807, 2.05) is 61.6 Å². The average molecular weight is 615 g/mol. The van der Waals surface area contributed by atoms with Crippen LogP contribution < -0.4 is 0 Å². The van der Waals surface area contributed by atoms with Crippen molar-refractivity contribution in [2.24, 2.45) is 7.05 Å². The number of unbranched alkanes of at least 4 members (excludes halogenated alkanes) is 1. The van der Waals surface area contributed by atoms with E-state index >= 15 is 0 Å². The summed E-state index contributed by atoms with van der Waals surface area (Å²) in [5, 5.41) is 14.0. The Hall–Kier alpha value is -3.59. The number of hydrogen-bond donors (Lipinski definition) is 0. The Morgan fingerprint density at radius 3 is 2.34 bits per heavy atom. The molecule has 1 heterocycles. The monoisotopic (exact) mass is 614 g/mol. The van der Waals surface area contributed by atoms with Crippen molar-refractivity contribution in [2.45, 2.75) is 48.9 Å². The van der Waals surface area contributed by atoms with Crippen LogP contribution >= 0.6 is 11.8 Å². The molecule has 0 saturated carbocycles. The Bertz CT molecular complexity index is 1660. The van der Waals surface area contributed by atoms with Gasteiger partial charge >= 0.3 is 6.18 Å². The summed E-state index contributed by atoms with van der Waals surface area (Å²) in [4.78, 5) is 5.06. The minimum atomic E-state index is -4.55. The zero-order chi connectivity index (χ0) is 30.7. The van der Waals surface area contributed by atoms with Crippen LogP contribution in [0.5, 0.6) is 0 Å². The van der Waals surface area contributed by atoms with Gasteiger partial charge in [-0.1, -0.05) is 115 Å². The lowest BCUT2D eigenvalue weighted by atomic mass is 9.72. The van der Waals surface area contributed by atoms with E-state index in [4.69, 9.17) is 4.98 Å². The van der Waals surface area contributed by atoms with Gasteiger partial charge in [0, 0.05) is 29.3 Å². The lowest BCUT2D eigenvalue weighted by Crippen LogP contribution is -2.42. The van der Waals surface area contributed by atoms with Crippen molar-refractivity contribution in [1.29, 1.82) is 0 Å². The molecule has 0 bridgehead atoms.